The average Bonchev–Trinajstić information content (AvgIpc) is 2.59. The van der Waals surface area contributed by atoms with Crippen LogP contribution in [-0.4, -0.2) is 16.2 Å². The van der Waals surface area contributed by atoms with E-state index in [9.17, 15) is 9.90 Å². The molecule has 0 saturated heterocycles. The molecule has 0 spiro atoms. The normalized spacial score (nSPS) is 17.9. The fourth-order valence-electron chi connectivity index (χ4n) is 4.45. The maximum atomic E-state index is 11.3. The van der Waals surface area contributed by atoms with Crippen molar-refractivity contribution < 1.29 is 15.0 Å². The van der Waals surface area contributed by atoms with Crippen LogP contribution < -0.4 is 0 Å². The monoisotopic (exact) mass is 378 g/mol. The van der Waals surface area contributed by atoms with Crippen LogP contribution in [0.25, 0.3) is 11.6 Å². The van der Waals surface area contributed by atoms with E-state index in [1.807, 2.05) is 13.0 Å². The van der Waals surface area contributed by atoms with Crippen LogP contribution in [0.1, 0.15) is 85.6 Å². The molecule has 2 N–H and O–H groups in total. The molecule has 0 bridgehead atoms. The number of hydrogen-bond acceptors (Lipinski definition) is 2. The Labute approximate surface area is 167 Å². The highest BCUT2D eigenvalue weighted by molar-refractivity contribution is 5.89. The second kappa shape index (κ2) is 6.80. The smallest absolute Gasteiger partial charge is 0.335 e. The zero-order valence-electron chi connectivity index (χ0n) is 17.7. The Balaban J connectivity index is 2.13. The number of aryl methyl sites for hydroxylation is 1. The Hall–Kier alpha value is -2.55. The van der Waals surface area contributed by atoms with Crippen LogP contribution in [-0.2, 0) is 10.8 Å². The number of phenolic OH excluding ortho intramolecular Hbond substituents is 1. The topological polar surface area (TPSA) is 57.5 Å². The predicted molar refractivity (Wildman–Crippen MR) is 115 cm³/mol. The second-order valence-corrected chi connectivity index (χ2v) is 9.36. The number of fused-ring (bicyclic) bond motifs is 1. The van der Waals surface area contributed by atoms with Crippen LogP contribution in [0.15, 0.2) is 30.3 Å². The largest absolute Gasteiger partial charge is 0.507 e. The number of allylic oxidation sites excluding steroid dienone is 1. The standard InChI is InChI=1S/C25H30O3/c1-15(13-17-7-9-18(10-8-17)23(27)28)20-16(2)14-19-21(22(20)26)25(5,6)12-11-24(19,3)4/h7-10,13-14,26H,11-12H2,1-6H3,(H,27,28)/b15-13+. The number of hydrogen-bond donors (Lipinski definition) is 2. The van der Waals surface area contributed by atoms with E-state index in [1.54, 1.807) is 24.3 Å². The van der Waals surface area contributed by atoms with Gasteiger partial charge in [-0.1, -0.05) is 52.0 Å². The number of aromatic carboxylic acids is 1. The highest BCUT2D eigenvalue weighted by Gasteiger charge is 2.40. The molecule has 0 radical (unpaired) electrons. The Bertz CT molecular complexity index is 960. The molecule has 1 aliphatic carbocycles. The van der Waals surface area contributed by atoms with Gasteiger partial charge >= 0.3 is 5.97 Å². The summed E-state index contributed by atoms with van der Waals surface area (Å²) in [6.45, 7) is 13.0. The third-order valence-electron chi connectivity index (χ3n) is 6.21. The summed E-state index contributed by atoms with van der Waals surface area (Å²) in [5.41, 5.74) is 6.41. The van der Waals surface area contributed by atoms with Crippen molar-refractivity contribution >= 4 is 17.6 Å². The molecule has 0 amide bonds. The SMILES string of the molecule is C/C(=C\c1ccc(C(=O)O)cc1)c1c(C)cc2c(c1O)C(C)(C)CCC2(C)C. The Morgan fingerprint density at radius 2 is 1.61 bits per heavy atom. The fraction of sp³-hybridized carbons (Fsp3) is 0.400. The van der Waals surface area contributed by atoms with E-state index in [2.05, 4.69) is 40.7 Å². The lowest BCUT2D eigenvalue weighted by atomic mass is 9.62. The van der Waals surface area contributed by atoms with Gasteiger partial charge in [0.05, 0.1) is 5.56 Å². The van der Waals surface area contributed by atoms with E-state index in [0.29, 0.717) is 5.75 Å². The molecular weight excluding hydrogens is 348 g/mol. The maximum absolute atomic E-state index is 11.3. The summed E-state index contributed by atoms with van der Waals surface area (Å²) in [7, 11) is 0. The van der Waals surface area contributed by atoms with Gasteiger partial charge in [0.1, 0.15) is 5.75 Å². The van der Waals surface area contributed by atoms with Crippen molar-refractivity contribution in [3.8, 4) is 5.75 Å². The molecule has 0 saturated carbocycles. The minimum absolute atomic E-state index is 0.0515. The molecule has 148 valence electrons. The minimum atomic E-state index is -0.930. The summed E-state index contributed by atoms with van der Waals surface area (Å²) in [6.07, 6.45) is 4.15. The highest BCUT2D eigenvalue weighted by atomic mass is 16.4. The van der Waals surface area contributed by atoms with Gasteiger partial charge in [-0.3, -0.25) is 0 Å². The third kappa shape index (κ3) is 3.46. The number of aromatic hydroxyl groups is 1. The van der Waals surface area contributed by atoms with Crippen molar-refractivity contribution in [2.75, 3.05) is 0 Å². The quantitative estimate of drug-likeness (QED) is 0.615. The van der Waals surface area contributed by atoms with E-state index in [0.717, 1.165) is 40.7 Å². The van der Waals surface area contributed by atoms with Crippen LogP contribution in [0.2, 0.25) is 0 Å². The molecule has 3 heteroatoms. The Morgan fingerprint density at radius 3 is 2.18 bits per heavy atom. The van der Waals surface area contributed by atoms with Crippen molar-refractivity contribution in [2.45, 2.75) is 65.2 Å². The average molecular weight is 379 g/mol. The second-order valence-electron chi connectivity index (χ2n) is 9.36. The Morgan fingerprint density at radius 1 is 1.04 bits per heavy atom. The first kappa shape index (κ1) is 20.2. The van der Waals surface area contributed by atoms with Gasteiger partial charge in [0.15, 0.2) is 0 Å². The van der Waals surface area contributed by atoms with E-state index in [4.69, 9.17) is 5.11 Å². The van der Waals surface area contributed by atoms with Gasteiger partial charge < -0.3 is 10.2 Å². The van der Waals surface area contributed by atoms with E-state index in [1.165, 1.54) is 5.56 Å². The first-order valence-corrected chi connectivity index (χ1v) is 9.83. The number of benzene rings is 2. The molecule has 0 atom stereocenters. The number of phenols is 1. The van der Waals surface area contributed by atoms with Gasteiger partial charge in [-0.15, -0.1) is 0 Å². The molecule has 0 unspecified atom stereocenters. The summed E-state index contributed by atoms with van der Waals surface area (Å²) in [5.74, 6) is -0.538. The zero-order valence-corrected chi connectivity index (χ0v) is 17.7. The molecule has 3 nitrogen and oxygen atoms in total. The third-order valence-corrected chi connectivity index (χ3v) is 6.21. The molecule has 28 heavy (non-hydrogen) atoms. The molecule has 0 fully saturated rings. The maximum Gasteiger partial charge on any atom is 0.335 e. The zero-order chi connectivity index (χ0) is 20.9. The molecule has 0 aliphatic heterocycles. The summed E-state index contributed by atoms with van der Waals surface area (Å²) in [6, 6.07) is 9.05. The van der Waals surface area contributed by atoms with E-state index < -0.39 is 5.97 Å². The summed E-state index contributed by atoms with van der Waals surface area (Å²) < 4.78 is 0. The van der Waals surface area contributed by atoms with Gasteiger partial charge in [0, 0.05) is 11.1 Å². The molecule has 2 aromatic carbocycles. The van der Waals surface area contributed by atoms with Crippen LogP contribution in [0.4, 0.5) is 0 Å². The van der Waals surface area contributed by atoms with Gasteiger partial charge in [-0.05, 0) is 71.9 Å². The fourth-order valence-corrected chi connectivity index (χ4v) is 4.45. The van der Waals surface area contributed by atoms with Crippen LogP contribution in [0, 0.1) is 6.92 Å². The molecule has 0 heterocycles. The van der Waals surface area contributed by atoms with Crippen LogP contribution >= 0.6 is 0 Å². The summed E-state index contributed by atoms with van der Waals surface area (Å²) in [5, 5.41) is 20.4. The van der Waals surface area contributed by atoms with E-state index >= 15 is 0 Å². The molecule has 1 aliphatic rings. The summed E-state index contributed by atoms with van der Waals surface area (Å²) in [4.78, 5) is 11.0. The number of rotatable bonds is 3. The number of carboxylic acids is 1. The van der Waals surface area contributed by atoms with Crippen LogP contribution in [0.3, 0.4) is 0 Å². The van der Waals surface area contributed by atoms with Gasteiger partial charge in [-0.25, -0.2) is 4.79 Å². The van der Waals surface area contributed by atoms with Gasteiger partial charge in [-0.2, -0.15) is 0 Å². The lowest BCUT2D eigenvalue weighted by molar-refractivity contribution is 0.0697. The van der Waals surface area contributed by atoms with Crippen LogP contribution in [0.5, 0.6) is 5.75 Å². The molecule has 2 aromatic rings. The molecular formula is C25H30O3. The molecule has 0 aromatic heterocycles. The number of carboxylic acid groups (broad SMARTS) is 1. The van der Waals surface area contributed by atoms with E-state index in [-0.39, 0.29) is 16.4 Å². The minimum Gasteiger partial charge on any atom is -0.507 e. The van der Waals surface area contributed by atoms with Crippen molar-refractivity contribution in [1.82, 2.24) is 0 Å². The van der Waals surface area contributed by atoms with Crippen molar-refractivity contribution in [3.63, 3.8) is 0 Å². The molecule has 3 rings (SSSR count). The summed E-state index contributed by atoms with van der Waals surface area (Å²) >= 11 is 0. The Kier molecular flexibility index (Phi) is 4.91. The van der Waals surface area contributed by atoms with Crippen molar-refractivity contribution in [1.29, 1.82) is 0 Å². The highest BCUT2D eigenvalue weighted by Crippen LogP contribution is 2.51. The first-order chi connectivity index (χ1) is 12.9. The predicted octanol–water partition coefficient (Wildman–Crippen LogP) is 6.31. The van der Waals surface area contributed by atoms with Gasteiger partial charge in [0.25, 0.3) is 0 Å². The van der Waals surface area contributed by atoms with Gasteiger partial charge in [0.2, 0.25) is 0 Å². The van der Waals surface area contributed by atoms with Crippen molar-refractivity contribution in [3.05, 3.63) is 63.7 Å². The van der Waals surface area contributed by atoms with Crippen molar-refractivity contribution in [2.24, 2.45) is 0 Å². The lowest BCUT2D eigenvalue weighted by Gasteiger charge is -2.43. The first-order valence-electron chi connectivity index (χ1n) is 9.83. The lowest BCUT2D eigenvalue weighted by Crippen LogP contribution is -2.34. The number of carbonyl (C=O) groups is 1.